The predicted octanol–water partition coefficient (Wildman–Crippen LogP) is 2.65. The van der Waals surface area contributed by atoms with Crippen molar-refractivity contribution in [3.05, 3.63) is 52.9 Å². The maximum atomic E-state index is 12.3. The Hall–Kier alpha value is -3.53. The van der Waals surface area contributed by atoms with E-state index in [4.69, 9.17) is 4.74 Å². The molecule has 1 heterocycles. The van der Waals surface area contributed by atoms with Crippen LogP contribution < -0.4 is 15.4 Å². The smallest absolute Gasteiger partial charge is 0.262 e. The molecule has 29 heavy (non-hydrogen) atoms. The van der Waals surface area contributed by atoms with Gasteiger partial charge in [-0.1, -0.05) is 0 Å². The molecule has 2 aromatic rings. The molecular formula is C22H26N4O3. The molecular weight excluding hydrogens is 368 g/mol. The van der Waals surface area contributed by atoms with Gasteiger partial charge in [0.05, 0.1) is 13.7 Å². The largest absolute Gasteiger partial charge is 0.497 e. The summed E-state index contributed by atoms with van der Waals surface area (Å²) in [5, 5.41) is 14.6. The summed E-state index contributed by atoms with van der Waals surface area (Å²) in [5.41, 5.74) is 3.52. The van der Waals surface area contributed by atoms with Gasteiger partial charge in [-0.15, -0.1) is 0 Å². The highest BCUT2D eigenvalue weighted by Crippen LogP contribution is 2.24. The number of nitriles is 1. The number of hydrogen-bond donors (Lipinski definition) is 2. The minimum Gasteiger partial charge on any atom is -0.497 e. The first-order valence-electron chi connectivity index (χ1n) is 9.29. The summed E-state index contributed by atoms with van der Waals surface area (Å²) in [6, 6.07) is 11.4. The Balaban J connectivity index is 2.24. The first-order chi connectivity index (χ1) is 13.8. The Morgan fingerprint density at radius 3 is 2.45 bits per heavy atom. The molecule has 7 nitrogen and oxygen atoms in total. The van der Waals surface area contributed by atoms with Crippen LogP contribution in [0.15, 0.2) is 35.9 Å². The van der Waals surface area contributed by atoms with Crippen molar-refractivity contribution in [3.8, 4) is 17.5 Å². The highest BCUT2D eigenvalue weighted by atomic mass is 16.5. The first kappa shape index (κ1) is 21.8. The normalized spacial score (nSPS) is 11.1. The number of carbonyl (C=O) groups is 2. The molecule has 152 valence electrons. The molecule has 2 rings (SSSR count). The fourth-order valence-corrected chi connectivity index (χ4v) is 3.00. The monoisotopic (exact) mass is 394 g/mol. The molecule has 0 aliphatic carbocycles. The third kappa shape index (κ3) is 5.48. The van der Waals surface area contributed by atoms with Crippen LogP contribution in [0.4, 0.5) is 0 Å². The highest BCUT2D eigenvalue weighted by molar-refractivity contribution is 6.03. The van der Waals surface area contributed by atoms with Crippen LogP contribution in [0.1, 0.15) is 30.8 Å². The molecule has 0 saturated carbocycles. The lowest BCUT2D eigenvalue weighted by Crippen LogP contribution is -2.40. The molecule has 7 heteroatoms. The van der Waals surface area contributed by atoms with Crippen LogP contribution in [0.3, 0.4) is 0 Å². The zero-order chi connectivity index (χ0) is 21.6. The summed E-state index contributed by atoms with van der Waals surface area (Å²) >= 11 is 0. The van der Waals surface area contributed by atoms with E-state index in [0.717, 1.165) is 28.4 Å². The summed E-state index contributed by atoms with van der Waals surface area (Å²) in [6.45, 7) is 7.36. The van der Waals surface area contributed by atoms with Crippen LogP contribution in [-0.2, 0) is 9.59 Å². The standard InChI is InChI=1S/C22H26N4O3/c1-14(2)25-21(27)13-24-22(28)18(12-23)11-17-10-15(3)26(16(17)4)19-6-8-20(29-5)9-7-19/h6-11,14H,13H2,1-5H3,(H,24,28)(H,25,27). The number of rotatable bonds is 7. The molecule has 2 amide bonds. The summed E-state index contributed by atoms with van der Waals surface area (Å²) in [6.07, 6.45) is 1.54. The fourth-order valence-electron chi connectivity index (χ4n) is 3.00. The van der Waals surface area contributed by atoms with Crippen LogP contribution in [0.5, 0.6) is 5.75 Å². The maximum Gasteiger partial charge on any atom is 0.262 e. The van der Waals surface area contributed by atoms with Gasteiger partial charge in [0.15, 0.2) is 0 Å². The molecule has 1 aromatic carbocycles. The second-order valence-corrected chi connectivity index (χ2v) is 6.93. The van der Waals surface area contributed by atoms with Gasteiger partial charge in [0.25, 0.3) is 5.91 Å². The van der Waals surface area contributed by atoms with Crippen molar-refractivity contribution in [3.63, 3.8) is 0 Å². The Bertz CT molecular complexity index is 963. The molecule has 0 saturated heterocycles. The van der Waals surface area contributed by atoms with E-state index in [9.17, 15) is 14.9 Å². The summed E-state index contributed by atoms with van der Waals surface area (Å²) in [5.74, 6) is -0.120. The average molecular weight is 394 g/mol. The van der Waals surface area contributed by atoms with Crippen molar-refractivity contribution in [1.82, 2.24) is 15.2 Å². The summed E-state index contributed by atoms with van der Waals surface area (Å²) < 4.78 is 7.23. The lowest BCUT2D eigenvalue weighted by atomic mass is 10.1. The minimum atomic E-state index is -0.583. The third-order valence-corrected chi connectivity index (χ3v) is 4.32. The van der Waals surface area contributed by atoms with Crippen molar-refractivity contribution < 1.29 is 14.3 Å². The molecule has 0 aliphatic rings. The zero-order valence-electron chi connectivity index (χ0n) is 17.4. The molecule has 0 bridgehead atoms. The van der Waals surface area contributed by atoms with E-state index >= 15 is 0 Å². The summed E-state index contributed by atoms with van der Waals surface area (Å²) in [7, 11) is 1.62. The van der Waals surface area contributed by atoms with Gasteiger partial charge in [-0.25, -0.2) is 0 Å². The Morgan fingerprint density at radius 1 is 1.24 bits per heavy atom. The van der Waals surface area contributed by atoms with Crippen LogP contribution in [0, 0.1) is 25.2 Å². The van der Waals surface area contributed by atoms with Gasteiger partial charge in [-0.2, -0.15) is 5.26 Å². The van der Waals surface area contributed by atoms with E-state index in [-0.39, 0.29) is 24.1 Å². The molecule has 0 aliphatic heterocycles. The van der Waals surface area contributed by atoms with E-state index in [1.807, 2.05) is 68.7 Å². The second kappa shape index (κ2) is 9.60. The topological polar surface area (TPSA) is 96.2 Å². The van der Waals surface area contributed by atoms with Crippen LogP contribution in [-0.4, -0.2) is 36.1 Å². The molecule has 0 unspecified atom stereocenters. The van der Waals surface area contributed by atoms with E-state index in [2.05, 4.69) is 10.6 Å². The molecule has 0 atom stereocenters. The minimum absolute atomic E-state index is 0.0197. The summed E-state index contributed by atoms with van der Waals surface area (Å²) in [4.78, 5) is 24.0. The first-order valence-corrected chi connectivity index (χ1v) is 9.29. The molecule has 2 N–H and O–H groups in total. The number of ether oxygens (including phenoxy) is 1. The Labute approximate surface area is 171 Å². The van der Waals surface area contributed by atoms with Crippen LogP contribution >= 0.6 is 0 Å². The average Bonchev–Trinajstić information content (AvgIpc) is 2.96. The van der Waals surface area contributed by atoms with Gasteiger partial charge in [0, 0.05) is 23.1 Å². The third-order valence-electron chi connectivity index (χ3n) is 4.32. The highest BCUT2D eigenvalue weighted by Gasteiger charge is 2.15. The Kier molecular flexibility index (Phi) is 7.21. The van der Waals surface area contributed by atoms with Gasteiger partial charge in [-0.3, -0.25) is 9.59 Å². The second-order valence-electron chi connectivity index (χ2n) is 6.93. The number of amides is 2. The van der Waals surface area contributed by atoms with Gasteiger partial charge in [-0.05, 0) is 69.7 Å². The number of nitrogens with zero attached hydrogens (tertiary/aromatic N) is 2. The number of hydrogen-bond acceptors (Lipinski definition) is 4. The van der Waals surface area contributed by atoms with Crippen molar-refractivity contribution in [1.29, 1.82) is 5.26 Å². The number of nitrogens with one attached hydrogen (secondary N) is 2. The molecule has 0 fully saturated rings. The Morgan fingerprint density at radius 2 is 1.90 bits per heavy atom. The quantitative estimate of drug-likeness (QED) is 0.557. The van der Waals surface area contributed by atoms with Crippen molar-refractivity contribution >= 4 is 17.9 Å². The van der Waals surface area contributed by atoms with Crippen molar-refractivity contribution in [2.24, 2.45) is 0 Å². The maximum absolute atomic E-state index is 12.3. The molecule has 1 aromatic heterocycles. The lowest BCUT2D eigenvalue weighted by Gasteiger charge is -2.10. The number of benzene rings is 1. The van der Waals surface area contributed by atoms with Crippen molar-refractivity contribution in [2.45, 2.75) is 33.7 Å². The van der Waals surface area contributed by atoms with E-state index in [1.54, 1.807) is 7.11 Å². The number of aromatic nitrogens is 1. The lowest BCUT2D eigenvalue weighted by molar-refractivity contribution is -0.124. The van der Waals surface area contributed by atoms with E-state index in [1.165, 1.54) is 6.08 Å². The van der Waals surface area contributed by atoms with Gasteiger partial charge >= 0.3 is 0 Å². The number of carbonyl (C=O) groups excluding carboxylic acids is 2. The van der Waals surface area contributed by atoms with Gasteiger partial charge in [0.1, 0.15) is 17.4 Å². The molecule has 0 spiro atoms. The van der Waals surface area contributed by atoms with Crippen LogP contribution in [0.2, 0.25) is 0 Å². The van der Waals surface area contributed by atoms with Crippen LogP contribution in [0.25, 0.3) is 11.8 Å². The van der Waals surface area contributed by atoms with Crippen molar-refractivity contribution in [2.75, 3.05) is 13.7 Å². The molecule has 0 radical (unpaired) electrons. The predicted molar refractivity (Wildman–Crippen MR) is 112 cm³/mol. The van der Waals surface area contributed by atoms with E-state index < -0.39 is 5.91 Å². The number of aryl methyl sites for hydroxylation is 1. The SMILES string of the molecule is COc1ccc(-n2c(C)cc(C=C(C#N)C(=O)NCC(=O)NC(C)C)c2C)cc1. The fraction of sp³-hybridized carbons (Fsp3) is 0.318. The van der Waals surface area contributed by atoms with E-state index in [0.29, 0.717) is 0 Å². The van der Waals surface area contributed by atoms with Gasteiger partial charge < -0.3 is 19.9 Å². The zero-order valence-corrected chi connectivity index (χ0v) is 17.4. The number of methoxy groups -OCH3 is 1. The van der Waals surface area contributed by atoms with Gasteiger partial charge in [0.2, 0.25) is 5.91 Å².